The van der Waals surface area contributed by atoms with Crippen molar-refractivity contribution in [1.29, 1.82) is 0 Å². The van der Waals surface area contributed by atoms with Crippen LogP contribution in [0.25, 0.3) is 0 Å². The highest BCUT2D eigenvalue weighted by molar-refractivity contribution is 5.50. The van der Waals surface area contributed by atoms with Crippen molar-refractivity contribution < 1.29 is 0 Å². The summed E-state index contributed by atoms with van der Waals surface area (Å²) in [4.78, 5) is 9.04. The Morgan fingerprint density at radius 3 is 2.46 bits per heavy atom. The molecule has 2 aliphatic carbocycles. The monoisotopic (exact) mass is 356 g/mol. The van der Waals surface area contributed by atoms with Crippen LogP contribution in [0.15, 0.2) is 42.3 Å². The number of anilines is 1. The summed E-state index contributed by atoms with van der Waals surface area (Å²) in [5.74, 6) is 1.06. The van der Waals surface area contributed by atoms with Crippen LogP contribution in [0.4, 0.5) is 5.82 Å². The third-order valence-corrected chi connectivity index (χ3v) is 4.73. The fourth-order valence-corrected chi connectivity index (χ4v) is 3.60. The predicted octanol–water partition coefficient (Wildman–Crippen LogP) is 4.98. The van der Waals surface area contributed by atoms with Crippen molar-refractivity contribution in [1.82, 2.24) is 9.97 Å². The first kappa shape index (κ1) is 22.1. The number of rotatable bonds is 3. The lowest BCUT2D eigenvalue weighted by Crippen LogP contribution is -2.18. The number of hydrogen-bond acceptors (Lipinski definition) is 4. The van der Waals surface area contributed by atoms with Crippen LogP contribution in [0, 0.1) is 0 Å². The molecule has 0 bridgehead atoms. The molecule has 144 valence electrons. The van der Waals surface area contributed by atoms with Crippen molar-refractivity contribution in [2.75, 3.05) is 12.4 Å². The van der Waals surface area contributed by atoms with Crippen LogP contribution in [0.2, 0.25) is 0 Å². The number of hydrogen-bond donors (Lipinski definition) is 2. The van der Waals surface area contributed by atoms with Gasteiger partial charge in [0.05, 0.1) is 0 Å². The van der Waals surface area contributed by atoms with Gasteiger partial charge >= 0.3 is 0 Å². The van der Waals surface area contributed by atoms with Gasteiger partial charge in [0.25, 0.3) is 0 Å². The zero-order chi connectivity index (χ0) is 19.4. The Kier molecular flexibility index (Phi) is 10.6. The lowest BCUT2D eigenvalue weighted by Gasteiger charge is -2.16. The molecule has 4 heteroatoms. The third-order valence-electron chi connectivity index (χ3n) is 4.73. The van der Waals surface area contributed by atoms with Gasteiger partial charge < -0.3 is 11.1 Å². The highest BCUT2D eigenvalue weighted by Crippen LogP contribution is 2.33. The number of nitrogens with zero attached hydrogens (tertiary/aromatic N) is 2. The van der Waals surface area contributed by atoms with Crippen LogP contribution in [0.5, 0.6) is 0 Å². The summed E-state index contributed by atoms with van der Waals surface area (Å²) >= 11 is 0. The maximum absolute atomic E-state index is 4.54. The van der Waals surface area contributed by atoms with Gasteiger partial charge in [-0.05, 0) is 63.6 Å². The molecule has 0 saturated heterocycles. The molecule has 0 spiro atoms. The standard InChI is InChI=1S/C19H25N3.C2H6.CH5N/c1-3-8-15-12-16(11-14(15)4-2)22-19-17-9-6-5-7-10-18(17)20-13-21-19;2*1-2/h3-4,8,13,16H,1,5-7,9-12H2,2H3,(H,20,21,22);1-2H3;2H2,1H3/b14-4-,15-8-;;. The summed E-state index contributed by atoms with van der Waals surface area (Å²) in [5.41, 5.74) is 9.93. The molecule has 3 rings (SSSR count). The van der Waals surface area contributed by atoms with Crippen molar-refractivity contribution in [3.05, 3.63) is 53.5 Å². The summed E-state index contributed by atoms with van der Waals surface area (Å²) in [7, 11) is 1.50. The summed E-state index contributed by atoms with van der Waals surface area (Å²) in [6, 6.07) is 0.430. The first-order chi connectivity index (χ1) is 12.8. The third kappa shape index (κ3) is 5.80. The summed E-state index contributed by atoms with van der Waals surface area (Å²) < 4.78 is 0. The summed E-state index contributed by atoms with van der Waals surface area (Å²) in [6.45, 7) is 9.94. The first-order valence-corrected chi connectivity index (χ1v) is 9.96. The van der Waals surface area contributed by atoms with E-state index in [9.17, 15) is 0 Å². The summed E-state index contributed by atoms with van der Waals surface area (Å²) in [6.07, 6.45) is 16.1. The van der Waals surface area contributed by atoms with E-state index in [-0.39, 0.29) is 0 Å². The molecule has 0 radical (unpaired) electrons. The van der Waals surface area contributed by atoms with E-state index < -0.39 is 0 Å². The van der Waals surface area contributed by atoms with Crippen molar-refractivity contribution in [3.63, 3.8) is 0 Å². The van der Waals surface area contributed by atoms with E-state index in [0.717, 1.165) is 31.5 Å². The minimum atomic E-state index is 0.430. The molecule has 3 N–H and O–H groups in total. The quantitative estimate of drug-likeness (QED) is 0.750. The molecule has 0 aromatic carbocycles. The molecule has 1 aromatic rings. The van der Waals surface area contributed by atoms with Crippen LogP contribution in [0.3, 0.4) is 0 Å². The van der Waals surface area contributed by atoms with Crippen LogP contribution in [-0.2, 0) is 12.8 Å². The number of nitrogens with one attached hydrogen (secondary N) is 1. The lowest BCUT2D eigenvalue weighted by atomic mass is 10.1. The van der Waals surface area contributed by atoms with Gasteiger partial charge in [0.15, 0.2) is 0 Å². The molecule has 2 aliphatic rings. The molecule has 4 nitrogen and oxygen atoms in total. The Balaban J connectivity index is 0.000000791. The van der Waals surface area contributed by atoms with Gasteiger partial charge in [-0.2, -0.15) is 0 Å². The zero-order valence-corrected chi connectivity index (χ0v) is 17.0. The second-order valence-corrected chi connectivity index (χ2v) is 6.20. The number of aromatic nitrogens is 2. The second kappa shape index (κ2) is 12.4. The van der Waals surface area contributed by atoms with Gasteiger partial charge in [0.1, 0.15) is 12.1 Å². The van der Waals surface area contributed by atoms with E-state index in [1.54, 1.807) is 6.33 Å². The fourth-order valence-electron chi connectivity index (χ4n) is 3.60. The topological polar surface area (TPSA) is 63.8 Å². The van der Waals surface area contributed by atoms with E-state index in [2.05, 4.69) is 46.7 Å². The predicted molar refractivity (Wildman–Crippen MR) is 113 cm³/mol. The van der Waals surface area contributed by atoms with Crippen LogP contribution in [0.1, 0.15) is 64.1 Å². The minimum Gasteiger partial charge on any atom is -0.366 e. The zero-order valence-electron chi connectivity index (χ0n) is 17.0. The maximum atomic E-state index is 4.54. The SMILES string of the molecule is C=C/C=C1/CC(Nc2ncnc3c2CCCCC3)C/C1=C/C.CC.CN. The Morgan fingerprint density at radius 1 is 1.08 bits per heavy atom. The van der Waals surface area contributed by atoms with Crippen molar-refractivity contribution in [2.45, 2.75) is 71.8 Å². The molecule has 1 atom stereocenters. The van der Waals surface area contributed by atoms with Crippen molar-refractivity contribution >= 4 is 5.82 Å². The Labute approximate surface area is 159 Å². The van der Waals surface area contributed by atoms with Gasteiger partial charge in [0, 0.05) is 17.3 Å². The normalized spacial score (nSPS) is 21.7. The molecule has 26 heavy (non-hydrogen) atoms. The largest absolute Gasteiger partial charge is 0.366 e. The summed E-state index contributed by atoms with van der Waals surface area (Å²) in [5, 5.41) is 3.68. The van der Waals surface area contributed by atoms with Crippen molar-refractivity contribution in [2.24, 2.45) is 5.73 Å². The molecule has 1 saturated carbocycles. The van der Waals surface area contributed by atoms with Gasteiger partial charge in [-0.15, -0.1) is 0 Å². The maximum Gasteiger partial charge on any atom is 0.133 e. The van der Waals surface area contributed by atoms with Gasteiger partial charge in [-0.1, -0.05) is 45.1 Å². The van der Waals surface area contributed by atoms with Gasteiger partial charge in [-0.3, -0.25) is 0 Å². The minimum absolute atomic E-state index is 0.430. The average Bonchev–Trinajstić information content (AvgIpc) is 2.91. The molecule has 1 heterocycles. The Morgan fingerprint density at radius 2 is 1.77 bits per heavy atom. The molecular weight excluding hydrogens is 320 g/mol. The van der Waals surface area contributed by atoms with E-state index in [1.165, 1.54) is 48.7 Å². The van der Waals surface area contributed by atoms with E-state index >= 15 is 0 Å². The number of fused-ring (bicyclic) bond motifs is 1. The Hall–Kier alpha value is -1.94. The number of allylic oxidation sites excluding steroid dienone is 3. The average molecular weight is 357 g/mol. The van der Waals surface area contributed by atoms with E-state index in [0.29, 0.717) is 6.04 Å². The van der Waals surface area contributed by atoms with Crippen molar-refractivity contribution in [3.8, 4) is 0 Å². The van der Waals surface area contributed by atoms with E-state index in [1.807, 2.05) is 19.9 Å². The van der Waals surface area contributed by atoms with Crippen LogP contribution in [-0.4, -0.2) is 23.1 Å². The Bertz CT molecular complexity index is 617. The van der Waals surface area contributed by atoms with Gasteiger partial charge in [-0.25, -0.2) is 9.97 Å². The van der Waals surface area contributed by atoms with E-state index in [4.69, 9.17) is 0 Å². The molecule has 0 amide bonds. The van der Waals surface area contributed by atoms with Crippen LogP contribution < -0.4 is 11.1 Å². The first-order valence-electron chi connectivity index (χ1n) is 9.96. The molecule has 1 fully saturated rings. The smallest absolute Gasteiger partial charge is 0.133 e. The molecule has 0 aliphatic heterocycles. The fraction of sp³-hybridized carbons (Fsp3) is 0.545. The molecular formula is C22H36N4. The molecule has 1 unspecified atom stereocenters. The number of nitrogens with two attached hydrogens (primary N) is 1. The highest BCUT2D eigenvalue weighted by atomic mass is 15.0. The molecule has 1 aromatic heterocycles. The lowest BCUT2D eigenvalue weighted by molar-refractivity contribution is 0.708. The van der Waals surface area contributed by atoms with Gasteiger partial charge in [0.2, 0.25) is 0 Å². The highest BCUT2D eigenvalue weighted by Gasteiger charge is 2.25. The number of aryl methyl sites for hydroxylation is 1. The van der Waals surface area contributed by atoms with Crippen LogP contribution >= 0.6 is 0 Å². The second-order valence-electron chi connectivity index (χ2n) is 6.20.